The number of ether oxygens (including phenoxy) is 1. The molecule has 130 valence electrons. The third-order valence-electron chi connectivity index (χ3n) is 3.94. The number of hydrogen-bond acceptors (Lipinski definition) is 4. The molecule has 0 bridgehead atoms. The van der Waals surface area contributed by atoms with E-state index in [4.69, 9.17) is 9.15 Å². The Bertz CT molecular complexity index is 969. The van der Waals surface area contributed by atoms with Crippen molar-refractivity contribution >= 4 is 11.0 Å². The predicted molar refractivity (Wildman–Crippen MR) is 96.7 cm³/mol. The number of fused-ring (bicyclic) bond motifs is 1. The van der Waals surface area contributed by atoms with Gasteiger partial charge in [0.2, 0.25) is 11.2 Å². The summed E-state index contributed by atoms with van der Waals surface area (Å²) in [5, 5.41) is 10.5. The highest BCUT2D eigenvalue weighted by molar-refractivity contribution is 5.82. The second-order valence-corrected chi connectivity index (χ2v) is 6.68. The van der Waals surface area contributed by atoms with Crippen LogP contribution in [0, 0.1) is 13.8 Å². The van der Waals surface area contributed by atoms with Crippen molar-refractivity contribution in [3.8, 4) is 17.2 Å². The summed E-state index contributed by atoms with van der Waals surface area (Å²) in [4.78, 5) is 13.9. The van der Waals surface area contributed by atoms with Crippen LogP contribution in [0.25, 0.3) is 11.0 Å². The van der Waals surface area contributed by atoms with E-state index in [0.717, 1.165) is 16.0 Å². The number of phenols is 1. The fourth-order valence-electron chi connectivity index (χ4n) is 2.94. The summed E-state index contributed by atoms with van der Waals surface area (Å²) in [5.74, 6) is 0.854. The molecule has 25 heavy (non-hydrogen) atoms. The maximum absolute atomic E-state index is 12.8. The molecule has 0 amide bonds. The van der Waals surface area contributed by atoms with Crippen LogP contribution in [0.2, 0.25) is 0 Å². The van der Waals surface area contributed by atoms with Crippen molar-refractivity contribution in [2.75, 3.05) is 14.1 Å². The summed E-state index contributed by atoms with van der Waals surface area (Å²) in [6, 6.07) is 8.87. The van der Waals surface area contributed by atoms with Gasteiger partial charge in [0.25, 0.3) is 0 Å². The topological polar surface area (TPSA) is 64.1 Å². The van der Waals surface area contributed by atoms with Gasteiger partial charge in [-0.05, 0) is 49.2 Å². The molecule has 3 rings (SSSR count). The number of quaternary nitrogens is 1. The first-order chi connectivity index (χ1) is 11.8. The summed E-state index contributed by atoms with van der Waals surface area (Å²) in [5.41, 5.74) is 2.88. The van der Waals surface area contributed by atoms with E-state index in [0.29, 0.717) is 28.8 Å². The largest absolute Gasteiger partial charge is 0.507 e. The summed E-state index contributed by atoms with van der Waals surface area (Å²) < 4.78 is 11.4. The summed E-state index contributed by atoms with van der Waals surface area (Å²) in [6.45, 7) is 4.49. The van der Waals surface area contributed by atoms with E-state index in [2.05, 4.69) is 0 Å². The molecule has 2 N–H and O–H groups in total. The van der Waals surface area contributed by atoms with Gasteiger partial charge in [0, 0.05) is 0 Å². The second-order valence-electron chi connectivity index (χ2n) is 6.68. The number of hydrogen-bond donors (Lipinski definition) is 2. The molecule has 1 heterocycles. The number of nitrogens with one attached hydrogen (secondary N) is 1. The Labute approximate surface area is 146 Å². The van der Waals surface area contributed by atoms with Crippen LogP contribution in [0.15, 0.2) is 45.8 Å². The molecule has 0 saturated carbocycles. The number of aromatic hydroxyl groups is 1. The molecule has 0 atom stereocenters. The third-order valence-corrected chi connectivity index (χ3v) is 3.94. The molecule has 5 nitrogen and oxygen atoms in total. The standard InChI is InChI=1S/C20H21NO4/c1-12-7-13(2)9-14(8-12)25-18-11-24-20-15(19(18)23)5-6-17(22)16(20)10-21(3)4/h5-9,11,22H,10H2,1-4H3/p+1. The van der Waals surface area contributed by atoms with E-state index in [1.165, 1.54) is 12.3 Å². The molecule has 0 saturated heterocycles. The zero-order valence-corrected chi connectivity index (χ0v) is 14.8. The highest BCUT2D eigenvalue weighted by Crippen LogP contribution is 2.28. The van der Waals surface area contributed by atoms with Crippen LogP contribution in [0.4, 0.5) is 0 Å². The van der Waals surface area contributed by atoms with Gasteiger partial charge in [0.05, 0.1) is 25.0 Å². The molecular weight excluding hydrogens is 318 g/mol. The van der Waals surface area contributed by atoms with Gasteiger partial charge in [-0.2, -0.15) is 0 Å². The monoisotopic (exact) mass is 340 g/mol. The lowest BCUT2D eigenvalue weighted by Gasteiger charge is -2.12. The molecule has 1 aromatic heterocycles. The van der Waals surface area contributed by atoms with Gasteiger partial charge in [-0.1, -0.05) is 6.07 Å². The molecule has 0 fully saturated rings. The smallest absolute Gasteiger partial charge is 0.235 e. The molecule has 0 radical (unpaired) electrons. The van der Waals surface area contributed by atoms with Gasteiger partial charge >= 0.3 is 0 Å². The number of aryl methyl sites for hydroxylation is 2. The molecule has 0 unspecified atom stereocenters. The zero-order chi connectivity index (χ0) is 18.1. The minimum Gasteiger partial charge on any atom is -0.507 e. The highest BCUT2D eigenvalue weighted by Gasteiger charge is 2.17. The molecule has 0 aliphatic heterocycles. The van der Waals surface area contributed by atoms with E-state index >= 15 is 0 Å². The molecule has 0 spiro atoms. The molecular formula is C20H22NO4+. The number of benzene rings is 2. The predicted octanol–water partition coefficient (Wildman–Crippen LogP) is 2.55. The van der Waals surface area contributed by atoms with Gasteiger partial charge in [-0.25, -0.2) is 0 Å². The van der Waals surface area contributed by atoms with E-state index in [1.807, 2.05) is 46.1 Å². The SMILES string of the molecule is Cc1cc(C)cc(Oc2coc3c(C[NH+](C)C)c(O)ccc3c2=O)c1. The lowest BCUT2D eigenvalue weighted by atomic mass is 10.1. The van der Waals surface area contributed by atoms with Gasteiger partial charge in [0.1, 0.15) is 24.3 Å². The summed E-state index contributed by atoms with van der Waals surface area (Å²) in [7, 11) is 3.93. The lowest BCUT2D eigenvalue weighted by molar-refractivity contribution is -0.872. The minimum atomic E-state index is -0.254. The van der Waals surface area contributed by atoms with Crippen molar-refractivity contribution in [2.24, 2.45) is 0 Å². The summed E-state index contributed by atoms with van der Waals surface area (Å²) >= 11 is 0. The maximum atomic E-state index is 12.8. The fraction of sp³-hybridized carbons (Fsp3) is 0.250. The van der Waals surface area contributed by atoms with Crippen LogP contribution in [-0.4, -0.2) is 19.2 Å². The summed E-state index contributed by atoms with van der Waals surface area (Å²) in [6.07, 6.45) is 1.32. The van der Waals surface area contributed by atoms with Crippen molar-refractivity contribution in [1.82, 2.24) is 0 Å². The van der Waals surface area contributed by atoms with E-state index < -0.39 is 0 Å². The quantitative estimate of drug-likeness (QED) is 0.766. The molecule has 5 heteroatoms. The van der Waals surface area contributed by atoms with Crippen LogP contribution >= 0.6 is 0 Å². The maximum Gasteiger partial charge on any atom is 0.235 e. The first-order valence-corrected chi connectivity index (χ1v) is 8.16. The van der Waals surface area contributed by atoms with Crippen LogP contribution in [0.5, 0.6) is 17.2 Å². The van der Waals surface area contributed by atoms with Crippen molar-refractivity contribution in [3.05, 3.63) is 63.5 Å². The Morgan fingerprint density at radius 3 is 2.44 bits per heavy atom. The van der Waals surface area contributed by atoms with Gasteiger partial charge < -0.3 is 19.2 Å². The van der Waals surface area contributed by atoms with E-state index in [-0.39, 0.29) is 16.9 Å². The van der Waals surface area contributed by atoms with E-state index in [1.54, 1.807) is 6.07 Å². The first kappa shape index (κ1) is 17.0. The van der Waals surface area contributed by atoms with Crippen LogP contribution < -0.4 is 15.1 Å². The Balaban J connectivity index is 2.08. The molecule has 3 aromatic rings. The van der Waals surface area contributed by atoms with Crippen LogP contribution in [0.3, 0.4) is 0 Å². The minimum absolute atomic E-state index is 0.125. The fourth-order valence-corrected chi connectivity index (χ4v) is 2.94. The first-order valence-electron chi connectivity index (χ1n) is 8.16. The van der Waals surface area contributed by atoms with Crippen molar-refractivity contribution in [3.63, 3.8) is 0 Å². The van der Waals surface area contributed by atoms with Gasteiger partial charge in [-0.3, -0.25) is 4.79 Å². The van der Waals surface area contributed by atoms with Crippen LogP contribution in [0.1, 0.15) is 16.7 Å². The number of phenolic OH excluding ortho intramolecular Hbond substituents is 1. The van der Waals surface area contributed by atoms with Gasteiger partial charge in [-0.15, -0.1) is 0 Å². The van der Waals surface area contributed by atoms with E-state index in [9.17, 15) is 9.90 Å². The van der Waals surface area contributed by atoms with Crippen LogP contribution in [-0.2, 0) is 6.54 Å². The Morgan fingerprint density at radius 1 is 1.12 bits per heavy atom. The molecule has 2 aromatic carbocycles. The van der Waals surface area contributed by atoms with Gasteiger partial charge in [0.15, 0.2) is 5.58 Å². The lowest BCUT2D eigenvalue weighted by Crippen LogP contribution is -3.04. The Hall–Kier alpha value is -2.79. The second kappa shape index (κ2) is 6.61. The van der Waals surface area contributed by atoms with Crippen molar-refractivity contribution < 1.29 is 19.2 Å². The third kappa shape index (κ3) is 3.51. The van der Waals surface area contributed by atoms with Crippen molar-refractivity contribution in [1.29, 1.82) is 0 Å². The number of rotatable bonds is 4. The zero-order valence-electron chi connectivity index (χ0n) is 14.8. The highest BCUT2D eigenvalue weighted by atomic mass is 16.5. The molecule has 0 aliphatic rings. The van der Waals surface area contributed by atoms with Crippen molar-refractivity contribution in [2.45, 2.75) is 20.4 Å². The normalized spacial score (nSPS) is 11.2. The average molecular weight is 340 g/mol. The molecule has 0 aliphatic carbocycles. The Morgan fingerprint density at radius 2 is 1.80 bits per heavy atom. The average Bonchev–Trinajstić information content (AvgIpc) is 2.51. The Kier molecular flexibility index (Phi) is 4.51.